The molecule has 4 heteroatoms. The summed E-state index contributed by atoms with van der Waals surface area (Å²) in [5.74, 6) is -0.903. The van der Waals surface area contributed by atoms with Gasteiger partial charge in [0.05, 0.1) is 5.57 Å². The van der Waals surface area contributed by atoms with Gasteiger partial charge in [0.2, 0.25) is 0 Å². The number of alkyl halides is 1. The van der Waals surface area contributed by atoms with Gasteiger partial charge in [-0.2, -0.15) is 0 Å². The second-order valence-corrected chi connectivity index (χ2v) is 4.04. The van der Waals surface area contributed by atoms with Gasteiger partial charge < -0.3 is 10.4 Å². The zero-order valence-electron chi connectivity index (χ0n) is 7.72. The van der Waals surface area contributed by atoms with Crippen molar-refractivity contribution < 1.29 is 9.90 Å². The Labute approximate surface area is 87.4 Å². The molecule has 0 saturated heterocycles. The molecule has 0 aromatic rings. The standard InChI is InChI=1S/C10H12ClNO2/c11-9-8(10(13)14)7-4-2-1-3-6(7)5-12-9/h5,9,12H,1-4H2,(H,13,14). The first-order valence-corrected chi connectivity index (χ1v) is 5.19. The highest BCUT2D eigenvalue weighted by molar-refractivity contribution is 6.25. The van der Waals surface area contributed by atoms with E-state index in [2.05, 4.69) is 5.32 Å². The van der Waals surface area contributed by atoms with Crippen molar-refractivity contribution in [3.05, 3.63) is 22.9 Å². The predicted octanol–water partition coefficient (Wildman–Crippen LogP) is 1.99. The molecule has 1 aliphatic heterocycles. The first-order chi connectivity index (χ1) is 6.70. The predicted molar refractivity (Wildman–Crippen MR) is 54.0 cm³/mol. The van der Waals surface area contributed by atoms with Gasteiger partial charge in [-0.3, -0.25) is 0 Å². The summed E-state index contributed by atoms with van der Waals surface area (Å²) in [6.07, 6.45) is 5.86. The summed E-state index contributed by atoms with van der Waals surface area (Å²) in [7, 11) is 0. The zero-order chi connectivity index (χ0) is 10.1. The number of hydrogen-bond acceptors (Lipinski definition) is 2. The summed E-state index contributed by atoms with van der Waals surface area (Å²) in [6, 6.07) is 0. The van der Waals surface area contributed by atoms with Crippen LogP contribution in [0.15, 0.2) is 22.9 Å². The number of fused-ring (bicyclic) bond motifs is 1. The van der Waals surface area contributed by atoms with E-state index in [1.807, 2.05) is 6.20 Å². The Kier molecular flexibility index (Phi) is 2.50. The van der Waals surface area contributed by atoms with Gasteiger partial charge in [0, 0.05) is 6.20 Å². The van der Waals surface area contributed by atoms with Crippen LogP contribution < -0.4 is 5.32 Å². The van der Waals surface area contributed by atoms with Gasteiger partial charge >= 0.3 is 5.97 Å². The van der Waals surface area contributed by atoms with E-state index < -0.39 is 11.5 Å². The van der Waals surface area contributed by atoms with Gasteiger partial charge in [-0.25, -0.2) is 4.79 Å². The number of carboxylic acid groups (broad SMARTS) is 1. The van der Waals surface area contributed by atoms with Gasteiger partial charge in [-0.15, -0.1) is 0 Å². The van der Waals surface area contributed by atoms with Crippen LogP contribution in [0, 0.1) is 0 Å². The van der Waals surface area contributed by atoms with Crippen molar-refractivity contribution in [2.45, 2.75) is 31.2 Å². The SMILES string of the molecule is O=C(O)C1=C2CCCCC2=CNC1Cl. The molecular weight excluding hydrogens is 202 g/mol. The van der Waals surface area contributed by atoms with Crippen molar-refractivity contribution in [1.82, 2.24) is 5.32 Å². The maximum absolute atomic E-state index is 11.0. The van der Waals surface area contributed by atoms with E-state index in [0.717, 1.165) is 36.8 Å². The van der Waals surface area contributed by atoms with E-state index in [0.29, 0.717) is 5.57 Å². The van der Waals surface area contributed by atoms with E-state index in [1.54, 1.807) is 0 Å². The van der Waals surface area contributed by atoms with Gasteiger partial charge in [0.1, 0.15) is 5.50 Å². The molecule has 0 bridgehead atoms. The fraction of sp³-hybridized carbons (Fsp3) is 0.500. The Balaban J connectivity index is 2.41. The molecule has 3 nitrogen and oxygen atoms in total. The topological polar surface area (TPSA) is 49.3 Å². The van der Waals surface area contributed by atoms with Gasteiger partial charge in [0.25, 0.3) is 0 Å². The summed E-state index contributed by atoms with van der Waals surface area (Å²) in [4.78, 5) is 11.0. The van der Waals surface area contributed by atoms with Crippen LogP contribution in [0.1, 0.15) is 25.7 Å². The van der Waals surface area contributed by atoms with Crippen LogP contribution in [0.25, 0.3) is 0 Å². The highest BCUT2D eigenvalue weighted by Crippen LogP contribution is 2.34. The molecule has 2 aliphatic rings. The smallest absolute Gasteiger partial charge is 0.335 e. The number of carboxylic acids is 1. The van der Waals surface area contributed by atoms with Gasteiger partial charge in [-0.05, 0) is 36.8 Å². The minimum absolute atomic E-state index is 0.337. The number of aliphatic carboxylic acids is 1. The monoisotopic (exact) mass is 213 g/mol. The molecular formula is C10H12ClNO2. The summed E-state index contributed by atoms with van der Waals surface area (Å²) in [5, 5.41) is 11.9. The molecule has 2 rings (SSSR count). The molecule has 0 spiro atoms. The Morgan fingerprint density at radius 3 is 2.93 bits per heavy atom. The van der Waals surface area contributed by atoms with Gasteiger partial charge in [-0.1, -0.05) is 11.6 Å². The molecule has 1 fully saturated rings. The first kappa shape index (κ1) is 9.59. The lowest BCUT2D eigenvalue weighted by Gasteiger charge is -2.27. The number of dihydropyridines is 1. The fourth-order valence-electron chi connectivity index (χ4n) is 2.04. The first-order valence-electron chi connectivity index (χ1n) is 4.76. The minimum atomic E-state index is -0.903. The highest BCUT2D eigenvalue weighted by atomic mass is 35.5. The second kappa shape index (κ2) is 3.65. The second-order valence-electron chi connectivity index (χ2n) is 3.60. The molecule has 0 aromatic heterocycles. The summed E-state index contributed by atoms with van der Waals surface area (Å²) in [6.45, 7) is 0. The number of halogens is 1. The maximum Gasteiger partial charge on any atom is 0.335 e. The number of rotatable bonds is 1. The van der Waals surface area contributed by atoms with Crippen LogP contribution in [0.2, 0.25) is 0 Å². The molecule has 2 N–H and O–H groups in total. The van der Waals surface area contributed by atoms with E-state index in [9.17, 15) is 4.79 Å². The largest absolute Gasteiger partial charge is 0.478 e. The lowest BCUT2D eigenvalue weighted by molar-refractivity contribution is -0.132. The molecule has 1 unspecified atom stereocenters. The quantitative estimate of drug-likeness (QED) is 0.518. The average molecular weight is 214 g/mol. The van der Waals surface area contributed by atoms with E-state index >= 15 is 0 Å². The van der Waals surface area contributed by atoms with Crippen LogP contribution in [0.5, 0.6) is 0 Å². The van der Waals surface area contributed by atoms with E-state index in [1.165, 1.54) is 0 Å². The Morgan fingerprint density at radius 1 is 1.50 bits per heavy atom. The van der Waals surface area contributed by atoms with Crippen molar-refractivity contribution in [2.75, 3.05) is 0 Å². The van der Waals surface area contributed by atoms with Crippen LogP contribution >= 0.6 is 11.6 Å². The fourth-order valence-corrected chi connectivity index (χ4v) is 2.33. The summed E-state index contributed by atoms with van der Waals surface area (Å²) in [5.41, 5.74) is 1.82. The molecule has 0 aromatic carbocycles. The Bertz CT molecular complexity index is 333. The third kappa shape index (κ3) is 1.52. The number of hydrogen-bond donors (Lipinski definition) is 2. The van der Waals surface area contributed by atoms with Crippen LogP contribution in [0.3, 0.4) is 0 Å². The Hall–Kier alpha value is -0.960. The van der Waals surface area contributed by atoms with Crippen molar-refractivity contribution in [3.63, 3.8) is 0 Å². The zero-order valence-corrected chi connectivity index (χ0v) is 8.47. The molecule has 1 saturated carbocycles. The van der Waals surface area contributed by atoms with Gasteiger partial charge in [0.15, 0.2) is 0 Å². The summed E-state index contributed by atoms with van der Waals surface area (Å²) >= 11 is 5.90. The molecule has 1 atom stereocenters. The molecule has 0 amide bonds. The van der Waals surface area contributed by atoms with Crippen molar-refractivity contribution in [1.29, 1.82) is 0 Å². The maximum atomic E-state index is 11.0. The highest BCUT2D eigenvalue weighted by Gasteiger charge is 2.28. The molecule has 0 radical (unpaired) electrons. The average Bonchev–Trinajstić information content (AvgIpc) is 2.17. The van der Waals surface area contributed by atoms with Crippen molar-refractivity contribution in [3.8, 4) is 0 Å². The third-order valence-electron chi connectivity index (χ3n) is 2.72. The van der Waals surface area contributed by atoms with Crippen molar-refractivity contribution >= 4 is 17.6 Å². The van der Waals surface area contributed by atoms with E-state index in [4.69, 9.17) is 16.7 Å². The van der Waals surface area contributed by atoms with Crippen LogP contribution in [0.4, 0.5) is 0 Å². The normalized spacial score (nSPS) is 26.4. The summed E-state index contributed by atoms with van der Waals surface area (Å²) < 4.78 is 0. The number of nitrogens with one attached hydrogen (secondary N) is 1. The lowest BCUT2D eigenvalue weighted by Crippen LogP contribution is -2.31. The van der Waals surface area contributed by atoms with Crippen LogP contribution in [-0.2, 0) is 4.79 Å². The lowest BCUT2D eigenvalue weighted by atomic mass is 9.85. The van der Waals surface area contributed by atoms with Crippen LogP contribution in [-0.4, -0.2) is 16.6 Å². The third-order valence-corrected chi connectivity index (χ3v) is 3.07. The molecule has 1 heterocycles. The molecule has 14 heavy (non-hydrogen) atoms. The molecule has 1 aliphatic carbocycles. The Morgan fingerprint density at radius 2 is 2.21 bits per heavy atom. The van der Waals surface area contributed by atoms with E-state index in [-0.39, 0.29) is 0 Å². The van der Waals surface area contributed by atoms with Crippen molar-refractivity contribution in [2.24, 2.45) is 0 Å². The number of allylic oxidation sites excluding steroid dienone is 2. The minimum Gasteiger partial charge on any atom is -0.478 e. The molecule has 76 valence electrons. The number of carbonyl (C=O) groups is 1.